The van der Waals surface area contributed by atoms with Crippen LogP contribution in [0.4, 0.5) is 0 Å². The molecule has 0 amide bonds. The topological polar surface area (TPSA) is 124 Å². The van der Waals surface area contributed by atoms with Gasteiger partial charge in [-0.15, -0.1) is 0 Å². The van der Waals surface area contributed by atoms with Gasteiger partial charge in [0.1, 0.15) is 0 Å². The highest BCUT2D eigenvalue weighted by Gasteiger charge is 2.53. The molecule has 1 unspecified atom stereocenters. The minimum atomic E-state index is -0.737. The third kappa shape index (κ3) is 10.4. The Balaban J connectivity index is 0.615. The fourth-order valence-corrected chi connectivity index (χ4v) is 21.3. The van der Waals surface area contributed by atoms with Gasteiger partial charge in [-0.1, -0.05) is 328 Å². The van der Waals surface area contributed by atoms with Gasteiger partial charge in [-0.2, -0.15) is 5.26 Å². The average Bonchev–Trinajstić information content (AvgIpc) is 1.49. The SMILES string of the molecule is N#Cc1cccc(-c2cccc(-c3nc(-c4ccccc4)nc(-c4ccc(-c5ccc6c(c5)C5(c7ccccc7-c7ccccc75)c5cccc7c8cc(-c9cccc%10c9-c9ccccc9C%109c%10ccc(-c%11cccc(-c%12nc(-c%13ccccc%13)nc(-c%13cccc(-c%14ccccn%14)c%13)n%12)c%11)cc%10-n%10c%11ccccc%11c%11cccc9c%11%10)ccc8n-6c57)cc4)n3)c2)c1. The smallest absolute Gasteiger partial charge is 0.164 e. The van der Waals surface area contributed by atoms with Crippen molar-refractivity contribution in [3.8, 4) is 164 Å². The molecule has 0 N–H and O–H groups in total. The van der Waals surface area contributed by atoms with Gasteiger partial charge in [0.15, 0.2) is 34.9 Å². The lowest BCUT2D eigenvalue weighted by Crippen LogP contribution is -2.33. The predicted octanol–water partition coefficient (Wildman–Crippen LogP) is 27.2. The number of aromatic nitrogens is 9. The summed E-state index contributed by atoms with van der Waals surface area (Å²) in [4.78, 5) is 35.9. The molecule has 126 heavy (non-hydrogen) atoms. The number of benzene rings is 17. The normalized spacial score (nSPS) is 13.8. The van der Waals surface area contributed by atoms with E-state index in [1.54, 1.807) is 0 Å². The van der Waals surface area contributed by atoms with Gasteiger partial charge in [0, 0.05) is 66.7 Å². The number of pyridine rings is 1. The lowest BCUT2D eigenvalue weighted by atomic mass is 9.65. The van der Waals surface area contributed by atoms with Gasteiger partial charge in [-0.25, -0.2) is 29.9 Å². The van der Waals surface area contributed by atoms with Crippen LogP contribution in [0.15, 0.2) is 413 Å². The molecule has 1 atom stereocenters. The zero-order chi connectivity index (χ0) is 82.9. The van der Waals surface area contributed by atoms with Crippen LogP contribution in [0.2, 0.25) is 0 Å². The van der Waals surface area contributed by atoms with Crippen LogP contribution in [0.3, 0.4) is 0 Å². The molecule has 4 aliphatic rings. The Morgan fingerprint density at radius 2 is 0.627 bits per heavy atom. The Hall–Kier alpha value is -17.0. The average molecular weight is 1600 g/mol. The van der Waals surface area contributed by atoms with Crippen molar-refractivity contribution in [1.29, 1.82) is 5.26 Å². The molecular formula is C116H68N10. The van der Waals surface area contributed by atoms with E-state index in [2.05, 4.69) is 317 Å². The summed E-state index contributed by atoms with van der Waals surface area (Å²) in [5, 5.41) is 14.6. The molecule has 0 saturated heterocycles. The minimum Gasteiger partial charge on any atom is -0.309 e. The van der Waals surface area contributed by atoms with Crippen molar-refractivity contribution >= 4 is 43.6 Å². The highest BCUT2D eigenvalue weighted by Crippen LogP contribution is 2.65. The largest absolute Gasteiger partial charge is 0.309 e. The minimum absolute atomic E-state index is 0.558. The van der Waals surface area contributed by atoms with E-state index in [9.17, 15) is 5.26 Å². The van der Waals surface area contributed by atoms with Gasteiger partial charge in [-0.3, -0.25) is 4.98 Å². The summed E-state index contributed by atoms with van der Waals surface area (Å²) < 4.78 is 5.12. The van der Waals surface area contributed by atoms with Crippen LogP contribution >= 0.6 is 0 Å². The molecule has 0 fully saturated rings. The zero-order valence-electron chi connectivity index (χ0n) is 67.7. The van der Waals surface area contributed by atoms with E-state index in [0.717, 1.165) is 106 Å². The Labute approximate surface area is 725 Å². The summed E-state index contributed by atoms with van der Waals surface area (Å²) in [6.07, 6.45) is 1.82. The third-order valence-corrected chi connectivity index (χ3v) is 26.7. The monoisotopic (exact) mass is 1600 g/mol. The highest BCUT2D eigenvalue weighted by atomic mass is 15.1. The quantitative estimate of drug-likeness (QED) is 0.125. The lowest BCUT2D eigenvalue weighted by Gasteiger charge is -2.40. The predicted molar refractivity (Wildman–Crippen MR) is 506 cm³/mol. The second-order valence-electron chi connectivity index (χ2n) is 33.2. The van der Waals surface area contributed by atoms with Crippen molar-refractivity contribution in [2.45, 2.75) is 10.8 Å². The maximum Gasteiger partial charge on any atom is 0.164 e. The van der Waals surface area contributed by atoms with Crippen molar-refractivity contribution in [2.75, 3.05) is 0 Å². The van der Waals surface area contributed by atoms with Crippen LogP contribution in [0.25, 0.3) is 201 Å². The van der Waals surface area contributed by atoms with Crippen LogP contribution in [-0.4, -0.2) is 44.0 Å². The summed E-state index contributed by atoms with van der Waals surface area (Å²) in [7, 11) is 0. The maximum atomic E-state index is 9.79. The molecule has 26 rings (SSSR count). The first-order valence-corrected chi connectivity index (χ1v) is 42.7. The number of hydrogen-bond acceptors (Lipinski definition) is 8. The molecule has 22 aromatic rings. The summed E-state index contributed by atoms with van der Waals surface area (Å²) in [6.45, 7) is 0. The van der Waals surface area contributed by atoms with E-state index in [-0.39, 0.29) is 0 Å². The number of nitrogens with zero attached hydrogens (tertiary/aromatic N) is 10. The molecule has 2 spiro atoms. The second kappa shape index (κ2) is 27.5. The van der Waals surface area contributed by atoms with Crippen LogP contribution in [0.1, 0.15) is 50.1 Å². The first kappa shape index (κ1) is 70.8. The molecule has 7 heterocycles. The van der Waals surface area contributed by atoms with E-state index < -0.39 is 10.8 Å². The molecule has 17 aromatic carbocycles. The highest BCUT2D eigenvalue weighted by molar-refractivity contribution is 6.16. The van der Waals surface area contributed by atoms with Crippen molar-refractivity contribution < 1.29 is 0 Å². The first-order valence-electron chi connectivity index (χ1n) is 42.7. The van der Waals surface area contributed by atoms with Crippen LogP contribution < -0.4 is 0 Å². The Morgan fingerprint density at radius 1 is 0.222 bits per heavy atom. The van der Waals surface area contributed by atoms with Gasteiger partial charge in [0.2, 0.25) is 0 Å². The first-order chi connectivity index (χ1) is 62.4. The molecule has 2 aliphatic heterocycles. The number of para-hydroxylation sites is 3. The molecule has 10 heteroatoms. The van der Waals surface area contributed by atoms with Crippen molar-refractivity contribution in [1.82, 2.24) is 44.0 Å². The lowest BCUT2D eigenvalue weighted by molar-refractivity contribution is 0.749. The molecule has 0 radical (unpaired) electrons. The van der Waals surface area contributed by atoms with E-state index in [1.165, 1.54) is 105 Å². The van der Waals surface area contributed by atoms with Crippen LogP contribution in [0, 0.1) is 11.3 Å². The Bertz CT molecular complexity index is 8380. The summed E-state index contributed by atoms with van der Waals surface area (Å²) in [6, 6.07) is 149. The third-order valence-electron chi connectivity index (χ3n) is 26.7. The number of fused-ring (bicyclic) bond motifs is 24. The number of nitriles is 1. The van der Waals surface area contributed by atoms with Crippen molar-refractivity contribution in [3.63, 3.8) is 0 Å². The summed E-state index contributed by atoms with van der Waals surface area (Å²) in [5.74, 6) is 3.47. The fourth-order valence-electron chi connectivity index (χ4n) is 21.3. The molecule has 0 saturated carbocycles. The van der Waals surface area contributed by atoms with Gasteiger partial charge in [-0.05, 0) is 190 Å². The number of rotatable bonds is 11. The van der Waals surface area contributed by atoms with E-state index >= 15 is 0 Å². The van der Waals surface area contributed by atoms with Crippen molar-refractivity contribution in [2.24, 2.45) is 0 Å². The second-order valence-corrected chi connectivity index (χ2v) is 33.2. The molecule has 2 aliphatic carbocycles. The molecule has 0 bridgehead atoms. The van der Waals surface area contributed by atoms with Crippen molar-refractivity contribution in [3.05, 3.63) is 463 Å². The van der Waals surface area contributed by atoms with Gasteiger partial charge < -0.3 is 9.13 Å². The van der Waals surface area contributed by atoms with Crippen LogP contribution in [-0.2, 0) is 10.8 Å². The Morgan fingerprint density at radius 3 is 1.25 bits per heavy atom. The molecule has 5 aromatic heterocycles. The summed E-state index contributed by atoms with van der Waals surface area (Å²) in [5.41, 5.74) is 36.8. The van der Waals surface area contributed by atoms with Gasteiger partial charge in [0.05, 0.1) is 61.6 Å². The Kier molecular flexibility index (Phi) is 15.5. The fraction of sp³-hybridized carbons (Fsp3) is 0.0172. The molecule has 582 valence electrons. The summed E-state index contributed by atoms with van der Waals surface area (Å²) >= 11 is 0. The molecular weight excluding hydrogens is 1530 g/mol. The van der Waals surface area contributed by atoms with E-state index in [0.29, 0.717) is 40.5 Å². The molecule has 10 nitrogen and oxygen atoms in total. The standard InChI is InChI=1S/C116H68N10/c117-69-70-24-17-29-75(62-70)76-30-18-33-82(63-76)112-120-109(72-25-3-1-4-26-72)119-111(123-112)74-53-51-71(52-54-74)78-56-60-104-100(67-78)115(93-43-11-7-36-86(93)87-37-8-12-44-94(87)115)98-47-23-42-90-92-66-80(57-59-103(92)125(104)108(90)98)85-40-21-46-97-106(85)91-39-9-13-45-95(91)116(97)96-58-55-79(68-105(96)126-102-50-14-10-38-88(102)89-41-22-48-99(116)107(89)126)77-31-19-34-83(64-77)113-121-110(73-27-5-2-6-28-73)122-114(124-113)84-35-20-32-81(65-84)101-49-15-16-61-118-101/h1-68H. The zero-order valence-corrected chi connectivity index (χ0v) is 67.7. The number of hydrogen-bond donors (Lipinski definition) is 0. The van der Waals surface area contributed by atoms with Crippen LogP contribution in [0.5, 0.6) is 0 Å². The van der Waals surface area contributed by atoms with E-state index in [4.69, 9.17) is 29.9 Å². The maximum absolute atomic E-state index is 9.79. The van der Waals surface area contributed by atoms with Gasteiger partial charge in [0.25, 0.3) is 0 Å². The van der Waals surface area contributed by atoms with Gasteiger partial charge >= 0.3 is 0 Å². The van der Waals surface area contributed by atoms with E-state index in [1.807, 2.05) is 115 Å².